The average Bonchev–Trinajstić information content (AvgIpc) is 2.41. The third kappa shape index (κ3) is 2.34. The van der Waals surface area contributed by atoms with Gasteiger partial charge in [0, 0.05) is 24.2 Å². The summed E-state index contributed by atoms with van der Waals surface area (Å²) in [6.45, 7) is 3.17. The molecule has 2 heterocycles. The third-order valence-corrected chi connectivity index (χ3v) is 4.06. The van der Waals surface area contributed by atoms with Gasteiger partial charge in [0.05, 0.1) is 22.3 Å². The van der Waals surface area contributed by atoms with E-state index in [0.717, 1.165) is 11.1 Å². The highest BCUT2D eigenvalue weighted by atomic mass is 35.5. The number of hydrogen-bond acceptors (Lipinski definition) is 3. The van der Waals surface area contributed by atoms with Crippen molar-refractivity contribution in [3.63, 3.8) is 0 Å². The molecule has 1 aromatic carbocycles. The Labute approximate surface area is 122 Å². The van der Waals surface area contributed by atoms with Gasteiger partial charge in [-0.15, -0.1) is 0 Å². The van der Waals surface area contributed by atoms with Gasteiger partial charge >= 0.3 is 0 Å². The van der Waals surface area contributed by atoms with Crippen LogP contribution in [-0.2, 0) is 0 Å². The number of aryl methyl sites for hydroxylation is 1. The molecule has 1 N–H and O–H groups in total. The summed E-state index contributed by atoms with van der Waals surface area (Å²) < 4.78 is 14.3. The molecule has 3 nitrogen and oxygen atoms in total. The van der Waals surface area contributed by atoms with Crippen molar-refractivity contribution < 1.29 is 9.50 Å². The highest BCUT2D eigenvalue weighted by molar-refractivity contribution is 6.35. The highest BCUT2D eigenvalue weighted by Crippen LogP contribution is 2.35. The Morgan fingerprint density at radius 1 is 1.35 bits per heavy atom. The number of rotatable bonds is 1. The number of halogens is 2. The first-order valence-corrected chi connectivity index (χ1v) is 7.12. The van der Waals surface area contributed by atoms with Gasteiger partial charge < -0.3 is 10.0 Å². The maximum Gasteiger partial charge on any atom is 0.148 e. The van der Waals surface area contributed by atoms with Gasteiger partial charge in [0.15, 0.2) is 0 Å². The standard InChI is InChI=1S/C15H16ClFN2O/c1-9-2-3-11-14(18-9)12(16)8-13(17)15(11)19-6-4-10(20)5-7-19/h2-3,8,10,20H,4-7H2,1H3. The molecule has 0 radical (unpaired) electrons. The minimum absolute atomic E-state index is 0.284. The van der Waals surface area contributed by atoms with Crippen molar-refractivity contribution in [1.82, 2.24) is 4.98 Å². The van der Waals surface area contributed by atoms with E-state index in [1.165, 1.54) is 6.07 Å². The first-order chi connectivity index (χ1) is 9.56. The van der Waals surface area contributed by atoms with Crippen LogP contribution < -0.4 is 4.90 Å². The number of aliphatic hydroxyl groups is 1. The second kappa shape index (κ2) is 5.19. The Kier molecular flexibility index (Phi) is 3.52. The first kappa shape index (κ1) is 13.6. The van der Waals surface area contributed by atoms with E-state index in [1.54, 1.807) is 0 Å². The van der Waals surface area contributed by atoms with Crippen LogP contribution >= 0.6 is 11.6 Å². The molecule has 0 saturated carbocycles. The van der Waals surface area contributed by atoms with E-state index in [4.69, 9.17) is 11.6 Å². The number of anilines is 1. The molecule has 1 aliphatic rings. The smallest absolute Gasteiger partial charge is 0.148 e. The molecule has 3 rings (SSSR count). The molecule has 106 valence electrons. The Bertz CT molecular complexity index is 654. The largest absolute Gasteiger partial charge is 0.393 e. The number of fused-ring (bicyclic) bond motifs is 1. The number of piperidine rings is 1. The van der Waals surface area contributed by atoms with Crippen molar-refractivity contribution in [2.75, 3.05) is 18.0 Å². The summed E-state index contributed by atoms with van der Waals surface area (Å²) in [5.74, 6) is -0.329. The van der Waals surface area contributed by atoms with Crippen molar-refractivity contribution in [1.29, 1.82) is 0 Å². The van der Waals surface area contributed by atoms with Gasteiger partial charge in [-0.2, -0.15) is 0 Å². The van der Waals surface area contributed by atoms with E-state index in [-0.39, 0.29) is 11.9 Å². The molecule has 1 fully saturated rings. The predicted molar refractivity (Wildman–Crippen MR) is 78.9 cm³/mol. The molecule has 20 heavy (non-hydrogen) atoms. The van der Waals surface area contributed by atoms with Crippen molar-refractivity contribution in [2.45, 2.75) is 25.9 Å². The minimum Gasteiger partial charge on any atom is -0.393 e. The lowest BCUT2D eigenvalue weighted by atomic mass is 10.0. The summed E-state index contributed by atoms with van der Waals surface area (Å²) >= 11 is 6.11. The number of benzene rings is 1. The maximum absolute atomic E-state index is 14.3. The monoisotopic (exact) mass is 294 g/mol. The Morgan fingerprint density at radius 2 is 2.05 bits per heavy atom. The van der Waals surface area contributed by atoms with E-state index in [9.17, 15) is 9.50 Å². The highest BCUT2D eigenvalue weighted by Gasteiger charge is 2.23. The lowest BCUT2D eigenvalue weighted by Gasteiger charge is -2.32. The van der Waals surface area contributed by atoms with E-state index in [1.807, 2.05) is 24.0 Å². The molecule has 1 aliphatic heterocycles. The van der Waals surface area contributed by atoms with Crippen LogP contribution in [-0.4, -0.2) is 29.3 Å². The second-order valence-corrected chi connectivity index (χ2v) is 5.66. The Hall–Kier alpha value is -1.39. The molecule has 1 aromatic heterocycles. The predicted octanol–water partition coefficient (Wildman–Crippen LogP) is 3.30. The minimum atomic E-state index is -0.329. The fourth-order valence-corrected chi connectivity index (χ4v) is 2.96. The van der Waals surface area contributed by atoms with Crippen molar-refractivity contribution >= 4 is 28.2 Å². The summed E-state index contributed by atoms with van der Waals surface area (Å²) in [7, 11) is 0. The summed E-state index contributed by atoms with van der Waals surface area (Å²) in [5.41, 5.74) is 2.03. The van der Waals surface area contributed by atoms with E-state index in [0.29, 0.717) is 42.2 Å². The van der Waals surface area contributed by atoms with Gasteiger partial charge in [0.2, 0.25) is 0 Å². The number of aromatic nitrogens is 1. The van der Waals surface area contributed by atoms with Gasteiger partial charge in [-0.05, 0) is 38.0 Å². The fraction of sp³-hybridized carbons (Fsp3) is 0.400. The van der Waals surface area contributed by atoms with Gasteiger partial charge in [-0.25, -0.2) is 4.39 Å². The van der Waals surface area contributed by atoms with Gasteiger partial charge in [0.25, 0.3) is 0 Å². The molecule has 0 bridgehead atoms. The zero-order chi connectivity index (χ0) is 14.3. The number of hydrogen-bond donors (Lipinski definition) is 1. The van der Waals surface area contributed by atoms with Crippen LogP contribution in [0.1, 0.15) is 18.5 Å². The quantitative estimate of drug-likeness (QED) is 0.877. The number of pyridine rings is 1. The summed E-state index contributed by atoms with van der Waals surface area (Å²) in [4.78, 5) is 6.38. The molecule has 2 aromatic rings. The molecular formula is C15H16ClFN2O. The molecule has 0 unspecified atom stereocenters. The average molecular weight is 295 g/mol. The zero-order valence-electron chi connectivity index (χ0n) is 11.2. The number of aliphatic hydroxyl groups excluding tert-OH is 1. The molecule has 5 heteroatoms. The van der Waals surface area contributed by atoms with Crippen LogP contribution in [0, 0.1) is 12.7 Å². The van der Waals surface area contributed by atoms with E-state index >= 15 is 0 Å². The lowest BCUT2D eigenvalue weighted by molar-refractivity contribution is 0.145. The van der Waals surface area contributed by atoms with Crippen molar-refractivity contribution in [3.8, 4) is 0 Å². The zero-order valence-corrected chi connectivity index (χ0v) is 12.0. The lowest BCUT2D eigenvalue weighted by Crippen LogP contribution is -2.36. The van der Waals surface area contributed by atoms with E-state index < -0.39 is 0 Å². The van der Waals surface area contributed by atoms with Crippen LogP contribution in [0.15, 0.2) is 18.2 Å². The maximum atomic E-state index is 14.3. The van der Waals surface area contributed by atoms with E-state index in [2.05, 4.69) is 4.98 Å². The summed E-state index contributed by atoms with van der Waals surface area (Å²) in [6, 6.07) is 5.06. The first-order valence-electron chi connectivity index (χ1n) is 6.74. The molecule has 0 aliphatic carbocycles. The molecule has 0 spiro atoms. The fourth-order valence-electron chi connectivity index (χ4n) is 2.72. The van der Waals surface area contributed by atoms with Gasteiger partial charge in [0.1, 0.15) is 5.82 Å². The third-order valence-electron chi connectivity index (χ3n) is 3.78. The van der Waals surface area contributed by atoms with Crippen LogP contribution in [0.5, 0.6) is 0 Å². The summed E-state index contributed by atoms with van der Waals surface area (Å²) in [5, 5.41) is 10.7. The molecular weight excluding hydrogens is 279 g/mol. The normalized spacial score (nSPS) is 16.9. The Morgan fingerprint density at radius 3 is 2.75 bits per heavy atom. The van der Waals surface area contributed by atoms with Crippen molar-refractivity contribution in [2.24, 2.45) is 0 Å². The summed E-state index contributed by atoms with van der Waals surface area (Å²) in [6.07, 6.45) is 1.03. The van der Waals surface area contributed by atoms with Crippen LogP contribution in [0.3, 0.4) is 0 Å². The number of nitrogens with zero attached hydrogens (tertiary/aromatic N) is 2. The topological polar surface area (TPSA) is 36.4 Å². The van der Waals surface area contributed by atoms with Crippen LogP contribution in [0.4, 0.5) is 10.1 Å². The molecule has 0 amide bonds. The Balaban J connectivity index is 2.14. The van der Waals surface area contributed by atoms with Gasteiger partial charge in [-0.3, -0.25) is 4.98 Å². The van der Waals surface area contributed by atoms with Crippen LogP contribution in [0.2, 0.25) is 5.02 Å². The molecule has 1 saturated heterocycles. The van der Waals surface area contributed by atoms with Gasteiger partial charge in [-0.1, -0.05) is 11.6 Å². The van der Waals surface area contributed by atoms with Crippen molar-refractivity contribution in [3.05, 3.63) is 34.7 Å². The second-order valence-electron chi connectivity index (χ2n) is 5.26. The van der Waals surface area contributed by atoms with Crippen LogP contribution in [0.25, 0.3) is 10.9 Å². The SMILES string of the molecule is Cc1ccc2c(N3CCC(O)CC3)c(F)cc(Cl)c2n1. The molecule has 0 atom stereocenters.